The quantitative estimate of drug-likeness (QED) is 0.218. The first-order valence-electron chi connectivity index (χ1n) is 1.88. The minimum Gasteiger partial charge on any atom is -1.00 e. The van der Waals surface area contributed by atoms with Crippen LogP contribution in [0.5, 0.6) is 0 Å². The van der Waals surface area contributed by atoms with Gasteiger partial charge in [-0.25, -0.2) is 14.4 Å². The van der Waals surface area contributed by atoms with Gasteiger partial charge in [-0.2, -0.15) is 0 Å². The van der Waals surface area contributed by atoms with Crippen molar-refractivity contribution in [3.63, 3.8) is 0 Å². The van der Waals surface area contributed by atoms with Crippen LogP contribution in [0.4, 0.5) is 14.4 Å². The first-order chi connectivity index (χ1) is 4.52. The third-order valence-electron chi connectivity index (χ3n) is 0.341. The number of carboxylic acid groups (broad SMARTS) is 2. The van der Waals surface area contributed by atoms with Gasteiger partial charge < -0.3 is 22.5 Å². The van der Waals surface area contributed by atoms with E-state index < -0.39 is 18.5 Å². The summed E-state index contributed by atoms with van der Waals surface area (Å²) in [5.41, 5.74) is 0. The van der Waals surface area contributed by atoms with Gasteiger partial charge >= 0.3 is 121 Å². The Bertz CT molecular complexity index is 176. The zero-order chi connectivity index (χ0) is 8.15. The zero-order valence-electron chi connectivity index (χ0n) is 9.04. The number of carbonyl (C=O) groups is 3. The van der Waals surface area contributed by atoms with Gasteiger partial charge in [-0.15, -0.1) is 0 Å². The third-order valence-corrected chi connectivity index (χ3v) is 0.341. The summed E-state index contributed by atoms with van der Waals surface area (Å²) in [5, 5.41) is 15.4. The Labute approximate surface area is 198 Å². The molecular weight excluding hydrogens is 442 g/mol. The normalized spacial score (nSPS) is 5.71. The van der Waals surface area contributed by atoms with Crippen molar-refractivity contribution in [2.45, 2.75) is 0 Å². The second-order valence-electron chi connectivity index (χ2n) is 0.986. The van der Waals surface area contributed by atoms with Crippen LogP contribution >= 0.6 is 0 Å². The molecular formula is C3H4Ag2K2O7. The third kappa shape index (κ3) is 24.3. The van der Waals surface area contributed by atoms with Crippen molar-refractivity contribution < 1.29 is 184 Å². The van der Waals surface area contributed by atoms with Crippen molar-refractivity contribution in [2.75, 3.05) is 0 Å². The topological polar surface area (TPSA) is 110 Å². The average Bonchev–Trinajstić information content (AvgIpc) is 1.58. The van der Waals surface area contributed by atoms with Crippen molar-refractivity contribution in [1.29, 1.82) is 0 Å². The van der Waals surface area contributed by atoms with Crippen LogP contribution in [0.25, 0.3) is 0 Å². The fourth-order valence-electron chi connectivity index (χ4n) is 0.163. The first kappa shape index (κ1) is 30.2. The van der Waals surface area contributed by atoms with Crippen LogP contribution in [0.3, 0.4) is 0 Å². The molecule has 0 bridgehead atoms. The maximum Gasteiger partial charge on any atom is 1.00 e. The van der Waals surface area contributed by atoms with Gasteiger partial charge in [-0.05, 0) is 0 Å². The van der Waals surface area contributed by atoms with Gasteiger partial charge in [-0.3, -0.25) is 0 Å². The van der Waals surface area contributed by atoms with Crippen molar-refractivity contribution in [1.82, 2.24) is 0 Å². The number of carbonyl (C=O) groups excluding carboxylic acids is 1. The SMILES string of the molecule is O=C(O)OC(=O)OC(=O)O.[Ag].[Ag].[H-].[H-].[K+].[K+]. The molecule has 82 valence electrons. The maximum atomic E-state index is 9.86. The minimum atomic E-state index is -1.92. The summed E-state index contributed by atoms with van der Waals surface area (Å²) in [5.74, 6) is 0. The summed E-state index contributed by atoms with van der Waals surface area (Å²) in [4.78, 5) is 28.8. The molecule has 2 N–H and O–H groups in total. The fraction of sp³-hybridized carbons (Fsp3) is 0. The Balaban J connectivity index is -0.0000000270. The molecule has 0 fully saturated rings. The minimum absolute atomic E-state index is 0. The van der Waals surface area contributed by atoms with Crippen LogP contribution < -0.4 is 103 Å². The number of hydrogen-bond acceptors (Lipinski definition) is 5. The molecule has 11 heteroatoms. The molecule has 0 spiro atoms. The molecule has 7 nitrogen and oxygen atoms in total. The largest absolute Gasteiger partial charge is 1.00 e. The van der Waals surface area contributed by atoms with Gasteiger partial charge in [0.25, 0.3) is 0 Å². The molecule has 0 saturated heterocycles. The molecule has 0 aromatic carbocycles. The van der Waals surface area contributed by atoms with Crippen molar-refractivity contribution in [3.05, 3.63) is 0 Å². The van der Waals surface area contributed by atoms with Crippen LogP contribution in [-0.4, -0.2) is 28.7 Å². The first-order valence-corrected chi connectivity index (χ1v) is 1.88. The van der Waals surface area contributed by atoms with E-state index in [0.29, 0.717) is 0 Å². The molecule has 0 amide bonds. The Morgan fingerprint density at radius 1 is 0.857 bits per heavy atom. The molecule has 0 atom stereocenters. The van der Waals surface area contributed by atoms with Gasteiger partial charge in [-0.1, -0.05) is 0 Å². The van der Waals surface area contributed by atoms with Crippen molar-refractivity contribution >= 4 is 18.5 Å². The molecule has 0 aromatic heterocycles. The number of ether oxygens (including phenoxy) is 2. The van der Waals surface area contributed by atoms with Gasteiger partial charge in [0, 0.05) is 44.8 Å². The van der Waals surface area contributed by atoms with E-state index in [9.17, 15) is 14.4 Å². The molecule has 0 aliphatic carbocycles. The standard InChI is InChI=1S/C3H2O7.2Ag.2K.2H/c4-1(5)9-3(8)10-2(6)7;;;;;;/h(H,4,5)(H,6,7);;;;;;/q;;;2*+1;2*-1. The van der Waals surface area contributed by atoms with Crippen LogP contribution in [0.1, 0.15) is 2.85 Å². The van der Waals surface area contributed by atoms with Crippen LogP contribution in [0, 0.1) is 0 Å². The number of hydrogen-bond donors (Lipinski definition) is 2. The van der Waals surface area contributed by atoms with E-state index in [1.165, 1.54) is 0 Å². The summed E-state index contributed by atoms with van der Waals surface area (Å²) in [6.45, 7) is 0. The predicted octanol–water partition coefficient (Wildman–Crippen LogP) is -5.28. The Morgan fingerprint density at radius 3 is 1.21 bits per heavy atom. The number of rotatable bonds is 0. The molecule has 2 radical (unpaired) electrons. The van der Waals surface area contributed by atoms with Gasteiger partial charge in [0.2, 0.25) is 0 Å². The monoisotopic (exact) mass is 444 g/mol. The molecule has 0 aliphatic heterocycles. The van der Waals surface area contributed by atoms with E-state index in [4.69, 9.17) is 10.2 Å². The van der Waals surface area contributed by atoms with Gasteiger partial charge in [0.1, 0.15) is 0 Å². The summed E-state index contributed by atoms with van der Waals surface area (Å²) in [7, 11) is 0. The zero-order valence-corrected chi connectivity index (χ0v) is 16.2. The molecule has 0 saturated carbocycles. The molecule has 0 rings (SSSR count). The fourth-order valence-corrected chi connectivity index (χ4v) is 0.163. The van der Waals surface area contributed by atoms with Crippen LogP contribution in [-0.2, 0) is 54.2 Å². The molecule has 0 heterocycles. The Morgan fingerprint density at radius 2 is 1.07 bits per heavy atom. The average molecular weight is 446 g/mol. The van der Waals surface area contributed by atoms with E-state index in [2.05, 4.69) is 9.47 Å². The van der Waals surface area contributed by atoms with Crippen molar-refractivity contribution in [3.8, 4) is 0 Å². The molecule has 14 heavy (non-hydrogen) atoms. The van der Waals surface area contributed by atoms with E-state index >= 15 is 0 Å². The summed E-state index contributed by atoms with van der Waals surface area (Å²) < 4.78 is 6.47. The second-order valence-corrected chi connectivity index (χ2v) is 0.986. The van der Waals surface area contributed by atoms with Crippen molar-refractivity contribution in [2.24, 2.45) is 0 Å². The van der Waals surface area contributed by atoms with Gasteiger partial charge in [0.15, 0.2) is 0 Å². The molecule has 0 unspecified atom stereocenters. The van der Waals surface area contributed by atoms with E-state index in [1.807, 2.05) is 0 Å². The second kappa shape index (κ2) is 18.3. The summed E-state index contributed by atoms with van der Waals surface area (Å²) in [6, 6.07) is 0. The van der Waals surface area contributed by atoms with Gasteiger partial charge in [0.05, 0.1) is 0 Å². The smallest absolute Gasteiger partial charge is 1.00 e. The van der Waals surface area contributed by atoms with Crippen LogP contribution in [0.15, 0.2) is 0 Å². The van der Waals surface area contributed by atoms with Crippen LogP contribution in [0.2, 0.25) is 0 Å². The predicted molar refractivity (Wildman–Crippen MR) is 25.8 cm³/mol. The summed E-state index contributed by atoms with van der Waals surface area (Å²) >= 11 is 0. The molecule has 0 aliphatic rings. The Hall–Kier alpha value is 2.96. The maximum absolute atomic E-state index is 9.86. The Kier molecular flexibility index (Phi) is 39.5. The van der Waals surface area contributed by atoms with E-state index in [0.717, 1.165) is 0 Å². The summed E-state index contributed by atoms with van der Waals surface area (Å²) in [6.07, 6.45) is -5.64. The van der Waals surface area contributed by atoms with E-state index in [-0.39, 0.29) is 150 Å². The molecule has 0 aromatic rings. The van der Waals surface area contributed by atoms with E-state index in [1.54, 1.807) is 0 Å².